The highest BCUT2D eigenvalue weighted by Gasteiger charge is 2.38. The summed E-state index contributed by atoms with van der Waals surface area (Å²) in [5, 5.41) is 9.75. The normalized spacial score (nSPS) is 11.2. The number of alkyl halides is 3. The molecule has 0 aliphatic heterocycles. The number of pyridine rings is 1. The van der Waals surface area contributed by atoms with Crippen molar-refractivity contribution in [3.05, 3.63) is 97.8 Å². The van der Waals surface area contributed by atoms with E-state index in [1.165, 1.54) is 18.5 Å². The first-order valence-corrected chi connectivity index (χ1v) is 11.9. The minimum absolute atomic E-state index is 0. The molecule has 4 aromatic heterocycles. The zero-order chi connectivity index (χ0) is 27.7. The summed E-state index contributed by atoms with van der Waals surface area (Å²) in [5.74, 6) is -1.12. The molecule has 1 amide bonds. The number of nitrogens with zero attached hydrogens (tertiary/aromatic N) is 5. The van der Waals surface area contributed by atoms with Crippen LogP contribution in [-0.4, -0.2) is 36.6 Å². The van der Waals surface area contributed by atoms with Gasteiger partial charge in [-0.25, -0.2) is 19.5 Å². The topological polar surface area (TPSA) is 110 Å². The van der Waals surface area contributed by atoms with Crippen LogP contribution in [0, 0.1) is 0 Å². The number of benzene rings is 2. The Kier molecular flexibility index (Phi) is 7.40. The van der Waals surface area contributed by atoms with Gasteiger partial charge < -0.3 is 15.1 Å². The van der Waals surface area contributed by atoms with Crippen molar-refractivity contribution in [1.82, 2.24) is 24.6 Å². The Bertz CT molecular complexity index is 1840. The zero-order valence-corrected chi connectivity index (χ0v) is 21.6. The fraction of sp³-hybridized carbons (Fsp3) is 0.0357. The minimum Gasteiger partial charge on any atom is -0.444 e. The van der Waals surface area contributed by atoms with Gasteiger partial charge in [0.1, 0.15) is 5.69 Å². The van der Waals surface area contributed by atoms with E-state index in [-0.39, 0.29) is 18.1 Å². The van der Waals surface area contributed by atoms with Gasteiger partial charge in [0.15, 0.2) is 12.2 Å². The summed E-state index contributed by atoms with van der Waals surface area (Å²) < 4.78 is 45.5. The first-order valence-electron chi connectivity index (χ1n) is 11.9. The summed E-state index contributed by atoms with van der Waals surface area (Å²) in [6, 6.07) is 20.8. The summed E-state index contributed by atoms with van der Waals surface area (Å²) >= 11 is 0. The molecule has 2 aromatic carbocycles. The number of hydrogen-bond donors (Lipinski definition) is 2. The summed E-state index contributed by atoms with van der Waals surface area (Å²) in [6.45, 7) is 0. The summed E-state index contributed by atoms with van der Waals surface area (Å²) in [5.41, 5.74) is 4.38. The maximum absolute atomic E-state index is 12.8. The Morgan fingerprint density at radius 3 is 2.49 bits per heavy atom. The molecule has 13 heteroatoms. The van der Waals surface area contributed by atoms with Crippen LogP contribution in [-0.2, 0) is 4.79 Å². The van der Waals surface area contributed by atoms with E-state index < -0.39 is 12.1 Å². The highest BCUT2D eigenvalue weighted by atomic mass is 35.5. The van der Waals surface area contributed by atoms with Crippen LogP contribution < -0.4 is 10.6 Å². The van der Waals surface area contributed by atoms with E-state index in [2.05, 4.69) is 20.4 Å². The monoisotopic (exact) mass is 577 g/mol. The molecule has 0 aliphatic carbocycles. The lowest BCUT2D eigenvalue weighted by Gasteiger charge is -2.10. The molecule has 6 aromatic rings. The van der Waals surface area contributed by atoms with Gasteiger partial charge in [0.25, 0.3) is 0 Å². The largest absolute Gasteiger partial charge is 0.471 e. The van der Waals surface area contributed by atoms with E-state index in [1.54, 1.807) is 41.3 Å². The molecular weight excluding hydrogens is 559 g/mol. The number of fused-ring (bicyclic) bond motifs is 1. The average Bonchev–Trinajstić information content (AvgIpc) is 3.62. The second-order valence-electron chi connectivity index (χ2n) is 8.62. The van der Waals surface area contributed by atoms with Crippen LogP contribution in [0.3, 0.4) is 0 Å². The first kappa shape index (κ1) is 27.3. The van der Waals surface area contributed by atoms with Crippen LogP contribution >= 0.6 is 12.4 Å². The maximum atomic E-state index is 12.8. The molecule has 0 unspecified atom stereocenters. The van der Waals surface area contributed by atoms with Gasteiger partial charge in [0.05, 0.1) is 23.0 Å². The standard InChI is InChI=1S/C28H18F3N7O2.ClH/c29-28(30,31)26(39)34-19-7-4-6-18(14-19)25-24(22-9-1-2-12-38(22)37-25)21-10-11-33-27(36-21)35-20-8-3-5-17(13-20)23-15-32-16-40-23;/h1-16H,(H,34,39)(H,33,35,36);1H. The summed E-state index contributed by atoms with van der Waals surface area (Å²) in [6.07, 6.45) is 1.32. The van der Waals surface area contributed by atoms with Crippen LogP contribution in [0.4, 0.5) is 30.5 Å². The van der Waals surface area contributed by atoms with E-state index in [0.717, 1.165) is 16.8 Å². The number of carbonyl (C=O) groups excluding carboxylic acids is 1. The van der Waals surface area contributed by atoms with Crippen molar-refractivity contribution in [1.29, 1.82) is 0 Å². The van der Waals surface area contributed by atoms with E-state index in [9.17, 15) is 18.0 Å². The second kappa shape index (κ2) is 11.1. The van der Waals surface area contributed by atoms with Crippen molar-refractivity contribution < 1.29 is 22.4 Å². The van der Waals surface area contributed by atoms with E-state index >= 15 is 0 Å². The predicted molar refractivity (Wildman–Crippen MR) is 149 cm³/mol. The van der Waals surface area contributed by atoms with Gasteiger partial charge in [-0.1, -0.05) is 30.3 Å². The van der Waals surface area contributed by atoms with Crippen molar-refractivity contribution in [3.63, 3.8) is 0 Å². The molecule has 2 N–H and O–H groups in total. The number of oxazole rings is 1. The fourth-order valence-electron chi connectivity index (χ4n) is 4.20. The van der Waals surface area contributed by atoms with Crippen LogP contribution in [0.2, 0.25) is 0 Å². The van der Waals surface area contributed by atoms with Crippen LogP contribution in [0.25, 0.3) is 39.4 Å². The molecule has 0 saturated heterocycles. The molecule has 0 atom stereocenters. The zero-order valence-electron chi connectivity index (χ0n) is 20.8. The average molecular weight is 578 g/mol. The number of hydrogen-bond acceptors (Lipinski definition) is 7. The van der Waals surface area contributed by atoms with Gasteiger partial charge in [0.2, 0.25) is 5.95 Å². The van der Waals surface area contributed by atoms with E-state index in [0.29, 0.717) is 34.2 Å². The van der Waals surface area contributed by atoms with Crippen LogP contribution in [0.15, 0.2) is 102 Å². The Morgan fingerprint density at radius 2 is 1.71 bits per heavy atom. The van der Waals surface area contributed by atoms with Crippen molar-refractivity contribution in [2.45, 2.75) is 6.18 Å². The molecule has 0 saturated carbocycles. The molecular formula is C28H19ClF3N7O2. The molecule has 0 aliphatic rings. The number of aromatic nitrogens is 5. The third kappa shape index (κ3) is 5.72. The molecule has 0 fully saturated rings. The molecule has 9 nitrogen and oxygen atoms in total. The molecule has 0 bridgehead atoms. The number of amides is 1. The van der Waals surface area contributed by atoms with Crippen LogP contribution in [0.5, 0.6) is 0 Å². The van der Waals surface area contributed by atoms with Gasteiger partial charge in [0, 0.05) is 34.9 Å². The lowest BCUT2D eigenvalue weighted by Crippen LogP contribution is -2.29. The second-order valence-corrected chi connectivity index (χ2v) is 8.62. The van der Waals surface area contributed by atoms with Gasteiger partial charge in [-0.3, -0.25) is 4.79 Å². The molecule has 206 valence electrons. The Balaban J connectivity index is 0.00000337. The maximum Gasteiger partial charge on any atom is 0.471 e. The van der Waals surface area contributed by atoms with Crippen LogP contribution in [0.1, 0.15) is 0 Å². The van der Waals surface area contributed by atoms with Crippen molar-refractivity contribution in [3.8, 4) is 33.8 Å². The van der Waals surface area contributed by atoms with E-state index in [1.807, 2.05) is 47.8 Å². The van der Waals surface area contributed by atoms with E-state index in [4.69, 9.17) is 9.40 Å². The minimum atomic E-state index is -5.01. The van der Waals surface area contributed by atoms with Crippen molar-refractivity contribution in [2.75, 3.05) is 10.6 Å². The van der Waals surface area contributed by atoms with Crippen molar-refractivity contribution >= 4 is 41.2 Å². The number of halogens is 4. The highest BCUT2D eigenvalue weighted by Crippen LogP contribution is 2.36. The lowest BCUT2D eigenvalue weighted by atomic mass is 10.0. The van der Waals surface area contributed by atoms with Gasteiger partial charge in [-0.2, -0.15) is 18.3 Å². The number of anilines is 3. The molecule has 0 radical (unpaired) electrons. The molecule has 41 heavy (non-hydrogen) atoms. The molecule has 4 heterocycles. The SMILES string of the molecule is Cl.O=C(Nc1cccc(-c2nn3ccccc3c2-c2ccnc(Nc3cccc(-c4cnco4)c3)n2)c1)C(F)(F)F. The number of carbonyl (C=O) groups is 1. The number of rotatable bonds is 6. The molecule has 0 spiro atoms. The molecule has 6 rings (SSSR count). The highest BCUT2D eigenvalue weighted by molar-refractivity contribution is 5.96. The third-order valence-corrected chi connectivity index (χ3v) is 5.94. The lowest BCUT2D eigenvalue weighted by molar-refractivity contribution is -0.167. The summed E-state index contributed by atoms with van der Waals surface area (Å²) in [4.78, 5) is 24.5. The fourth-order valence-corrected chi connectivity index (χ4v) is 4.20. The van der Waals surface area contributed by atoms with Crippen molar-refractivity contribution in [2.24, 2.45) is 0 Å². The summed E-state index contributed by atoms with van der Waals surface area (Å²) in [7, 11) is 0. The Hall–Kier alpha value is -5.23. The Labute approximate surface area is 236 Å². The van der Waals surface area contributed by atoms with Gasteiger partial charge >= 0.3 is 12.1 Å². The first-order chi connectivity index (χ1) is 19.3. The van der Waals surface area contributed by atoms with Gasteiger partial charge in [-0.05, 0) is 42.5 Å². The number of nitrogens with one attached hydrogen (secondary N) is 2. The van der Waals surface area contributed by atoms with Gasteiger partial charge in [-0.15, -0.1) is 12.4 Å². The quantitative estimate of drug-likeness (QED) is 0.224. The third-order valence-electron chi connectivity index (χ3n) is 5.94. The predicted octanol–water partition coefficient (Wildman–Crippen LogP) is 6.78. The smallest absolute Gasteiger partial charge is 0.444 e. The Morgan fingerprint density at radius 1 is 0.927 bits per heavy atom.